The Morgan fingerprint density at radius 3 is 2.73 bits per heavy atom. The van der Waals surface area contributed by atoms with Gasteiger partial charge in [-0.1, -0.05) is 23.8 Å². The van der Waals surface area contributed by atoms with Crippen molar-refractivity contribution < 1.29 is 0 Å². The summed E-state index contributed by atoms with van der Waals surface area (Å²) in [6.07, 6.45) is 2.40. The summed E-state index contributed by atoms with van der Waals surface area (Å²) >= 11 is 7.70. The Kier molecular flexibility index (Phi) is 3.31. The number of anilines is 1. The normalized spacial score (nSPS) is 14.5. The predicted molar refractivity (Wildman–Crippen MR) is 94.0 cm³/mol. The third-order valence-corrected chi connectivity index (χ3v) is 5.04. The molecule has 1 aromatic carbocycles. The van der Waals surface area contributed by atoms with Gasteiger partial charge in [0.1, 0.15) is 10.6 Å². The van der Waals surface area contributed by atoms with E-state index in [4.69, 9.17) is 11.6 Å². The molecule has 2 heterocycles. The fourth-order valence-electron chi connectivity index (χ4n) is 2.76. The van der Waals surface area contributed by atoms with Crippen LogP contribution in [0.25, 0.3) is 21.3 Å². The van der Waals surface area contributed by atoms with Crippen LogP contribution < -0.4 is 5.32 Å². The van der Waals surface area contributed by atoms with Crippen LogP contribution in [-0.4, -0.2) is 16.0 Å². The highest BCUT2D eigenvalue weighted by Gasteiger charge is 2.24. The molecule has 0 bridgehead atoms. The number of fused-ring (bicyclic) bond motifs is 1. The average molecular weight is 330 g/mol. The Balaban J connectivity index is 1.93. The Hall–Kier alpha value is -1.65. The number of hydrogen-bond donors (Lipinski definition) is 1. The van der Waals surface area contributed by atoms with Gasteiger partial charge in [0.2, 0.25) is 5.28 Å². The van der Waals surface area contributed by atoms with Crippen LogP contribution in [-0.2, 0) is 0 Å². The first-order valence-electron chi connectivity index (χ1n) is 7.41. The summed E-state index contributed by atoms with van der Waals surface area (Å²) in [7, 11) is 0. The number of halogens is 1. The van der Waals surface area contributed by atoms with Crippen molar-refractivity contribution in [2.45, 2.75) is 32.7 Å². The third-order valence-electron chi connectivity index (χ3n) is 4.00. The van der Waals surface area contributed by atoms with Crippen molar-refractivity contribution in [1.29, 1.82) is 0 Å². The predicted octanol–water partition coefficient (Wildman–Crippen LogP) is 5.20. The maximum atomic E-state index is 6.08. The van der Waals surface area contributed by atoms with Crippen molar-refractivity contribution in [3.8, 4) is 11.1 Å². The topological polar surface area (TPSA) is 37.8 Å². The zero-order valence-electron chi connectivity index (χ0n) is 12.5. The molecule has 0 spiro atoms. The highest BCUT2D eigenvalue weighted by Crippen LogP contribution is 2.40. The quantitative estimate of drug-likeness (QED) is 0.671. The van der Waals surface area contributed by atoms with E-state index in [1.807, 2.05) is 0 Å². The first kappa shape index (κ1) is 14.0. The van der Waals surface area contributed by atoms with Gasteiger partial charge in [0, 0.05) is 17.0 Å². The molecule has 0 aliphatic heterocycles. The van der Waals surface area contributed by atoms with E-state index in [2.05, 4.69) is 52.7 Å². The lowest BCUT2D eigenvalue weighted by molar-refractivity contribution is 1.11. The van der Waals surface area contributed by atoms with Gasteiger partial charge in [-0.2, -0.15) is 0 Å². The van der Waals surface area contributed by atoms with E-state index in [1.54, 1.807) is 11.3 Å². The van der Waals surface area contributed by atoms with E-state index in [0.717, 1.165) is 16.0 Å². The first-order chi connectivity index (χ1) is 10.6. The minimum absolute atomic E-state index is 0.310. The molecule has 1 aliphatic carbocycles. The Bertz CT molecular complexity index is 868. The van der Waals surface area contributed by atoms with Crippen LogP contribution >= 0.6 is 22.9 Å². The van der Waals surface area contributed by atoms with Crippen LogP contribution in [0.2, 0.25) is 5.28 Å². The molecule has 5 heteroatoms. The number of nitrogens with zero attached hydrogens (tertiary/aromatic N) is 2. The SMILES string of the molecule is Cc1ccc(-c2csc3nc(Cl)nc(NC4CC4)c23)c(C)c1. The molecule has 1 saturated carbocycles. The molecule has 1 N–H and O–H groups in total. The third kappa shape index (κ3) is 2.46. The zero-order chi connectivity index (χ0) is 15.3. The number of benzene rings is 1. The number of nitrogens with one attached hydrogen (secondary N) is 1. The lowest BCUT2D eigenvalue weighted by Gasteiger charge is -2.10. The van der Waals surface area contributed by atoms with Gasteiger partial charge in [0.05, 0.1) is 5.39 Å². The maximum absolute atomic E-state index is 6.08. The van der Waals surface area contributed by atoms with Gasteiger partial charge in [0.15, 0.2) is 0 Å². The van der Waals surface area contributed by atoms with Gasteiger partial charge in [-0.15, -0.1) is 11.3 Å². The van der Waals surface area contributed by atoms with Gasteiger partial charge in [0.25, 0.3) is 0 Å². The lowest BCUT2D eigenvalue weighted by Crippen LogP contribution is -2.04. The minimum atomic E-state index is 0.310. The first-order valence-corrected chi connectivity index (χ1v) is 8.66. The highest BCUT2D eigenvalue weighted by molar-refractivity contribution is 7.17. The summed E-state index contributed by atoms with van der Waals surface area (Å²) in [6, 6.07) is 7.07. The van der Waals surface area contributed by atoms with Crippen molar-refractivity contribution >= 4 is 39.0 Å². The summed E-state index contributed by atoms with van der Waals surface area (Å²) in [5, 5.41) is 7.06. The van der Waals surface area contributed by atoms with E-state index >= 15 is 0 Å². The summed E-state index contributed by atoms with van der Waals surface area (Å²) in [5.74, 6) is 0.869. The van der Waals surface area contributed by atoms with Crippen molar-refractivity contribution in [3.63, 3.8) is 0 Å². The highest BCUT2D eigenvalue weighted by atomic mass is 35.5. The molecule has 3 aromatic rings. The van der Waals surface area contributed by atoms with Gasteiger partial charge >= 0.3 is 0 Å². The fraction of sp³-hybridized carbons (Fsp3) is 0.294. The molecule has 1 fully saturated rings. The fourth-order valence-corrected chi connectivity index (χ4v) is 3.91. The van der Waals surface area contributed by atoms with Crippen molar-refractivity contribution in [3.05, 3.63) is 40.0 Å². The number of aromatic nitrogens is 2. The summed E-state index contributed by atoms with van der Waals surface area (Å²) in [5.41, 5.74) is 4.97. The van der Waals surface area contributed by atoms with Crippen LogP contribution in [0.15, 0.2) is 23.6 Å². The second-order valence-corrected chi connectivity index (χ2v) is 7.10. The van der Waals surface area contributed by atoms with Crippen molar-refractivity contribution in [2.24, 2.45) is 0 Å². The van der Waals surface area contributed by atoms with Gasteiger partial charge < -0.3 is 5.32 Å². The molecule has 1 aliphatic rings. The van der Waals surface area contributed by atoms with E-state index in [-0.39, 0.29) is 0 Å². The van der Waals surface area contributed by atoms with Crippen molar-refractivity contribution in [2.75, 3.05) is 5.32 Å². The largest absolute Gasteiger partial charge is 0.367 e. The van der Waals surface area contributed by atoms with Gasteiger partial charge in [-0.25, -0.2) is 9.97 Å². The van der Waals surface area contributed by atoms with E-state index < -0.39 is 0 Å². The summed E-state index contributed by atoms with van der Waals surface area (Å²) in [6.45, 7) is 4.27. The molecule has 22 heavy (non-hydrogen) atoms. The Labute approximate surface area is 138 Å². The van der Waals surface area contributed by atoms with Crippen LogP contribution in [0.3, 0.4) is 0 Å². The van der Waals surface area contributed by atoms with Gasteiger partial charge in [-0.05, 0) is 49.4 Å². The number of hydrogen-bond acceptors (Lipinski definition) is 4. The zero-order valence-corrected chi connectivity index (χ0v) is 14.1. The van der Waals surface area contributed by atoms with Crippen LogP contribution in [0.5, 0.6) is 0 Å². The van der Waals surface area contributed by atoms with Crippen LogP contribution in [0.4, 0.5) is 5.82 Å². The number of rotatable bonds is 3. The summed E-state index contributed by atoms with van der Waals surface area (Å²) in [4.78, 5) is 9.77. The molecule has 0 radical (unpaired) electrons. The lowest BCUT2D eigenvalue weighted by atomic mass is 9.99. The molecule has 112 valence electrons. The molecule has 0 saturated heterocycles. The minimum Gasteiger partial charge on any atom is -0.367 e. The standard InChI is InChI=1S/C17H16ClN3S/c1-9-3-6-12(10(2)7-9)13-8-22-16-14(13)15(19-11-4-5-11)20-17(18)21-16/h3,6-8,11H,4-5H2,1-2H3,(H,19,20,21). The number of thiophene rings is 1. The second kappa shape index (κ2) is 5.21. The molecular formula is C17H16ClN3S. The Morgan fingerprint density at radius 2 is 2.00 bits per heavy atom. The molecule has 3 nitrogen and oxygen atoms in total. The van der Waals surface area contributed by atoms with Gasteiger partial charge in [-0.3, -0.25) is 0 Å². The molecule has 0 amide bonds. The van der Waals surface area contributed by atoms with E-state index in [1.165, 1.54) is 35.1 Å². The van der Waals surface area contributed by atoms with Crippen LogP contribution in [0.1, 0.15) is 24.0 Å². The molecular weight excluding hydrogens is 314 g/mol. The summed E-state index contributed by atoms with van der Waals surface area (Å²) < 4.78 is 0. The number of aryl methyl sites for hydroxylation is 2. The molecule has 0 unspecified atom stereocenters. The van der Waals surface area contributed by atoms with Crippen molar-refractivity contribution in [1.82, 2.24) is 9.97 Å². The van der Waals surface area contributed by atoms with E-state index in [9.17, 15) is 0 Å². The second-order valence-electron chi connectivity index (χ2n) is 5.91. The van der Waals surface area contributed by atoms with E-state index in [0.29, 0.717) is 11.3 Å². The molecule has 0 atom stereocenters. The smallest absolute Gasteiger partial charge is 0.225 e. The Morgan fingerprint density at radius 1 is 1.18 bits per heavy atom. The molecule has 4 rings (SSSR count). The maximum Gasteiger partial charge on any atom is 0.225 e. The average Bonchev–Trinajstić information content (AvgIpc) is 3.17. The van der Waals surface area contributed by atoms with Crippen LogP contribution in [0, 0.1) is 13.8 Å². The monoisotopic (exact) mass is 329 g/mol. The molecule has 2 aromatic heterocycles.